The Bertz CT molecular complexity index is 217. The molecule has 3 N–H and O–H groups in total. The van der Waals surface area contributed by atoms with Gasteiger partial charge in [0, 0.05) is 0 Å². The molecule has 1 aliphatic carbocycles. The summed E-state index contributed by atoms with van der Waals surface area (Å²) in [4.78, 5) is 11.2. The summed E-state index contributed by atoms with van der Waals surface area (Å²) in [6.07, 6.45) is 8.03. The highest BCUT2D eigenvalue weighted by atomic mass is 35.5. The van der Waals surface area contributed by atoms with Gasteiger partial charge in [-0.2, -0.15) is 0 Å². The van der Waals surface area contributed by atoms with Crippen LogP contribution < -0.4 is 5.73 Å². The number of unbranched alkanes of at least 4 members (excludes halogenated alkanes) is 1. The van der Waals surface area contributed by atoms with Gasteiger partial charge in [-0.3, -0.25) is 4.79 Å². The Kier molecular flexibility index (Phi) is 7.00. The van der Waals surface area contributed by atoms with Crippen LogP contribution in [-0.4, -0.2) is 16.6 Å². The van der Waals surface area contributed by atoms with Crippen molar-refractivity contribution in [2.75, 3.05) is 0 Å². The van der Waals surface area contributed by atoms with E-state index < -0.39 is 11.5 Å². The van der Waals surface area contributed by atoms with Gasteiger partial charge in [-0.05, 0) is 18.8 Å². The summed E-state index contributed by atoms with van der Waals surface area (Å²) in [5.41, 5.74) is 5.04. The van der Waals surface area contributed by atoms with E-state index in [1.165, 1.54) is 25.7 Å². The lowest BCUT2D eigenvalue weighted by atomic mass is 9.83. The van der Waals surface area contributed by atoms with E-state index in [1.54, 1.807) is 0 Å². The summed E-state index contributed by atoms with van der Waals surface area (Å²) < 4.78 is 0. The van der Waals surface area contributed by atoms with Crippen molar-refractivity contribution in [3.8, 4) is 0 Å². The summed E-state index contributed by atoms with van der Waals surface area (Å²) in [6, 6.07) is 0. The summed E-state index contributed by atoms with van der Waals surface area (Å²) in [7, 11) is 0. The maximum Gasteiger partial charge on any atom is 0.323 e. The maximum atomic E-state index is 11.2. The van der Waals surface area contributed by atoms with Gasteiger partial charge in [0.15, 0.2) is 0 Å². The number of nitrogens with two attached hydrogens (primary N) is 1. The average Bonchev–Trinajstić information content (AvgIpc) is 2.67. The number of hydrogen-bond acceptors (Lipinski definition) is 2. The van der Waals surface area contributed by atoms with Crippen LogP contribution in [0.5, 0.6) is 0 Å². The summed E-state index contributed by atoms with van der Waals surface area (Å²) in [5.74, 6) is -0.272. The normalized spacial score (nSPS) is 20.1. The topological polar surface area (TPSA) is 63.3 Å². The van der Waals surface area contributed by atoms with Gasteiger partial charge in [0.1, 0.15) is 5.54 Å². The van der Waals surface area contributed by atoms with Gasteiger partial charge in [-0.25, -0.2) is 0 Å². The van der Waals surface area contributed by atoms with E-state index in [0.717, 1.165) is 12.8 Å². The molecule has 1 saturated carbocycles. The van der Waals surface area contributed by atoms with Gasteiger partial charge >= 0.3 is 5.97 Å². The minimum Gasteiger partial charge on any atom is -0.480 e. The van der Waals surface area contributed by atoms with Crippen LogP contribution in [0.15, 0.2) is 0 Å². The molecule has 0 amide bonds. The Balaban J connectivity index is 0.00000225. The van der Waals surface area contributed by atoms with E-state index >= 15 is 0 Å². The first-order chi connectivity index (χ1) is 7.08. The van der Waals surface area contributed by atoms with E-state index in [9.17, 15) is 9.90 Å². The molecule has 0 bridgehead atoms. The smallest absolute Gasteiger partial charge is 0.323 e. The summed E-state index contributed by atoms with van der Waals surface area (Å²) >= 11 is 0. The largest absolute Gasteiger partial charge is 0.480 e. The molecule has 0 radical (unpaired) electrons. The van der Waals surface area contributed by atoms with Crippen molar-refractivity contribution in [1.82, 2.24) is 0 Å². The highest BCUT2D eigenvalue weighted by Crippen LogP contribution is 2.33. The molecule has 16 heavy (non-hydrogen) atoms. The van der Waals surface area contributed by atoms with Gasteiger partial charge in [0.2, 0.25) is 0 Å². The van der Waals surface area contributed by atoms with Crippen LogP contribution in [0.1, 0.15) is 58.3 Å². The van der Waals surface area contributed by atoms with Gasteiger partial charge in [0.05, 0.1) is 0 Å². The molecule has 0 unspecified atom stereocenters. The quantitative estimate of drug-likeness (QED) is 0.761. The van der Waals surface area contributed by atoms with Crippen LogP contribution in [-0.2, 0) is 4.79 Å². The first-order valence-corrected chi connectivity index (χ1v) is 6.11. The van der Waals surface area contributed by atoms with Crippen molar-refractivity contribution in [2.24, 2.45) is 11.7 Å². The van der Waals surface area contributed by atoms with Gasteiger partial charge in [-0.15, -0.1) is 12.4 Å². The van der Waals surface area contributed by atoms with Gasteiger partial charge in [0.25, 0.3) is 0 Å². The molecular weight excluding hydrogens is 226 g/mol. The highest BCUT2D eigenvalue weighted by molar-refractivity contribution is 5.85. The molecule has 1 aliphatic rings. The molecule has 1 rings (SSSR count). The second-order valence-electron chi connectivity index (χ2n) is 4.92. The number of aliphatic carboxylic acids is 1. The Hall–Kier alpha value is -0.280. The number of rotatable bonds is 6. The van der Waals surface area contributed by atoms with Crippen LogP contribution in [0.25, 0.3) is 0 Å². The molecule has 0 saturated heterocycles. The van der Waals surface area contributed by atoms with Crippen molar-refractivity contribution in [3.05, 3.63) is 0 Å². The molecule has 4 heteroatoms. The second-order valence-corrected chi connectivity index (χ2v) is 4.92. The van der Waals surface area contributed by atoms with Gasteiger partial charge in [-0.1, -0.05) is 45.4 Å². The van der Waals surface area contributed by atoms with E-state index in [2.05, 4.69) is 6.92 Å². The predicted molar refractivity (Wildman–Crippen MR) is 67.9 cm³/mol. The van der Waals surface area contributed by atoms with Gasteiger partial charge < -0.3 is 10.8 Å². The molecule has 0 aromatic heterocycles. The standard InChI is InChI=1S/C12H23NO2.ClH/c1-2-3-8-12(13,11(14)15)9-10-6-4-5-7-10;/h10H,2-9,13H2,1H3,(H,14,15);1H/t12-;/m0./s1. The molecule has 0 aliphatic heterocycles. The van der Waals surface area contributed by atoms with Crippen molar-refractivity contribution < 1.29 is 9.90 Å². The summed E-state index contributed by atoms with van der Waals surface area (Å²) in [6.45, 7) is 2.07. The Morgan fingerprint density at radius 1 is 1.44 bits per heavy atom. The Morgan fingerprint density at radius 2 is 2.00 bits per heavy atom. The highest BCUT2D eigenvalue weighted by Gasteiger charge is 2.36. The lowest BCUT2D eigenvalue weighted by molar-refractivity contribution is -0.144. The molecule has 0 spiro atoms. The van der Waals surface area contributed by atoms with Crippen molar-refractivity contribution in [3.63, 3.8) is 0 Å². The first-order valence-electron chi connectivity index (χ1n) is 6.11. The molecule has 1 fully saturated rings. The lowest BCUT2D eigenvalue weighted by Gasteiger charge is -2.27. The minimum absolute atomic E-state index is 0. The van der Waals surface area contributed by atoms with E-state index in [4.69, 9.17) is 5.73 Å². The van der Waals surface area contributed by atoms with E-state index in [-0.39, 0.29) is 12.4 Å². The fourth-order valence-electron chi connectivity index (χ4n) is 2.52. The summed E-state index contributed by atoms with van der Waals surface area (Å²) in [5, 5.41) is 9.19. The fraction of sp³-hybridized carbons (Fsp3) is 0.917. The van der Waals surface area contributed by atoms with E-state index in [0.29, 0.717) is 18.8 Å². The molecule has 0 heterocycles. The van der Waals surface area contributed by atoms with E-state index in [1.807, 2.05) is 0 Å². The van der Waals surface area contributed by atoms with Crippen LogP contribution in [0, 0.1) is 5.92 Å². The van der Waals surface area contributed by atoms with Crippen molar-refractivity contribution in [1.29, 1.82) is 0 Å². The van der Waals surface area contributed by atoms with Crippen LogP contribution in [0.2, 0.25) is 0 Å². The number of halogens is 1. The van der Waals surface area contributed by atoms with Crippen molar-refractivity contribution in [2.45, 2.75) is 63.8 Å². The zero-order chi connectivity index (χ0) is 11.3. The second kappa shape index (κ2) is 7.13. The van der Waals surface area contributed by atoms with Crippen LogP contribution in [0.4, 0.5) is 0 Å². The fourth-order valence-corrected chi connectivity index (χ4v) is 2.52. The predicted octanol–water partition coefficient (Wildman–Crippen LogP) is 2.96. The monoisotopic (exact) mass is 249 g/mol. The molecule has 0 aromatic rings. The zero-order valence-corrected chi connectivity index (χ0v) is 10.9. The number of carbonyl (C=O) groups is 1. The third kappa shape index (κ3) is 4.30. The third-order valence-electron chi connectivity index (χ3n) is 3.53. The molecule has 3 nitrogen and oxygen atoms in total. The number of carboxylic acid groups (broad SMARTS) is 1. The molecular formula is C12H24ClNO2. The molecule has 0 aromatic carbocycles. The first kappa shape index (κ1) is 15.7. The number of hydrogen-bond donors (Lipinski definition) is 2. The Morgan fingerprint density at radius 3 is 2.44 bits per heavy atom. The SMILES string of the molecule is CCCC[C@](N)(CC1CCCC1)C(=O)O.Cl. The average molecular weight is 250 g/mol. The van der Waals surface area contributed by atoms with Crippen molar-refractivity contribution >= 4 is 18.4 Å². The Labute approximate surface area is 104 Å². The van der Waals surface area contributed by atoms with Crippen LogP contribution in [0.3, 0.4) is 0 Å². The number of carboxylic acids is 1. The zero-order valence-electron chi connectivity index (χ0n) is 10.1. The molecule has 1 atom stereocenters. The third-order valence-corrected chi connectivity index (χ3v) is 3.53. The minimum atomic E-state index is -0.967. The van der Waals surface area contributed by atoms with Crippen LogP contribution >= 0.6 is 12.4 Å². The maximum absolute atomic E-state index is 11.2. The lowest BCUT2D eigenvalue weighted by Crippen LogP contribution is -2.49. The molecule has 96 valence electrons.